The van der Waals surface area contributed by atoms with E-state index >= 15 is 0 Å². The predicted octanol–water partition coefficient (Wildman–Crippen LogP) is 2.88. The summed E-state index contributed by atoms with van der Waals surface area (Å²) >= 11 is 0. The lowest BCUT2D eigenvalue weighted by atomic mass is 10.1. The second-order valence-electron chi connectivity index (χ2n) is 4.75. The Morgan fingerprint density at radius 3 is 2.95 bits per heavy atom. The third kappa shape index (κ3) is 4.11. The summed E-state index contributed by atoms with van der Waals surface area (Å²) in [7, 11) is 0. The summed E-state index contributed by atoms with van der Waals surface area (Å²) in [6.07, 6.45) is 2.32. The summed E-state index contributed by atoms with van der Waals surface area (Å²) in [4.78, 5) is 0. The maximum atomic E-state index is 5.53. The fourth-order valence-electron chi connectivity index (χ4n) is 2.00. The summed E-state index contributed by atoms with van der Waals surface area (Å²) in [6.45, 7) is 7.11. The Morgan fingerprint density at radius 1 is 1.26 bits per heavy atom. The number of unbranched alkanes of at least 4 members (excludes halogenated alkanes) is 1. The van der Waals surface area contributed by atoms with Crippen LogP contribution in [0.2, 0.25) is 0 Å². The van der Waals surface area contributed by atoms with Crippen molar-refractivity contribution in [2.75, 3.05) is 26.6 Å². The first-order valence-corrected chi connectivity index (χ1v) is 7.02. The van der Waals surface area contributed by atoms with E-state index in [0.717, 1.165) is 37.7 Å². The predicted molar refractivity (Wildman–Crippen MR) is 74.7 cm³/mol. The van der Waals surface area contributed by atoms with E-state index in [9.17, 15) is 0 Å². The molecule has 1 heterocycles. The van der Waals surface area contributed by atoms with E-state index < -0.39 is 0 Å². The standard InChI is InChI=1S/C15H23NO3/c1-3-4-8-17-9-7-16-12(2)13-5-6-14-15(10-13)19-11-18-14/h5-6,10,12,16H,3-4,7-9,11H2,1-2H3. The first-order valence-electron chi connectivity index (χ1n) is 7.02. The van der Waals surface area contributed by atoms with Gasteiger partial charge in [-0.25, -0.2) is 0 Å². The Bertz CT molecular complexity index is 395. The summed E-state index contributed by atoms with van der Waals surface area (Å²) in [5.41, 5.74) is 1.21. The van der Waals surface area contributed by atoms with Gasteiger partial charge in [0, 0.05) is 19.2 Å². The van der Waals surface area contributed by atoms with Crippen LogP contribution in [0.25, 0.3) is 0 Å². The van der Waals surface area contributed by atoms with Gasteiger partial charge in [0.1, 0.15) is 0 Å². The molecule has 1 atom stereocenters. The van der Waals surface area contributed by atoms with Gasteiger partial charge in [-0.1, -0.05) is 19.4 Å². The van der Waals surface area contributed by atoms with Crippen LogP contribution in [0.3, 0.4) is 0 Å². The minimum Gasteiger partial charge on any atom is -0.454 e. The zero-order valence-electron chi connectivity index (χ0n) is 11.8. The lowest BCUT2D eigenvalue weighted by Crippen LogP contribution is -2.23. The monoisotopic (exact) mass is 265 g/mol. The van der Waals surface area contributed by atoms with Crippen LogP contribution in [0.4, 0.5) is 0 Å². The molecular formula is C15H23NO3. The van der Waals surface area contributed by atoms with Gasteiger partial charge in [0.2, 0.25) is 6.79 Å². The lowest BCUT2D eigenvalue weighted by Gasteiger charge is -2.14. The van der Waals surface area contributed by atoms with Crippen LogP contribution in [0.15, 0.2) is 18.2 Å². The van der Waals surface area contributed by atoms with E-state index in [1.54, 1.807) is 0 Å². The number of fused-ring (bicyclic) bond motifs is 1. The second-order valence-corrected chi connectivity index (χ2v) is 4.75. The topological polar surface area (TPSA) is 39.7 Å². The van der Waals surface area contributed by atoms with Gasteiger partial charge < -0.3 is 19.5 Å². The molecule has 0 bridgehead atoms. The van der Waals surface area contributed by atoms with Crippen LogP contribution < -0.4 is 14.8 Å². The van der Waals surface area contributed by atoms with E-state index in [1.165, 1.54) is 12.0 Å². The quantitative estimate of drug-likeness (QED) is 0.734. The van der Waals surface area contributed by atoms with Crippen LogP contribution in [-0.4, -0.2) is 26.6 Å². The first-order chi connectivity index (χ1) is 9.31. The van der Waals surface area contributed by atoms with Gasteiger partial charge in [-0.2, -0.15) is 0 Å². The molecule has 0 saturated heterocycles. The summed E-state index contributed by atoms with van der Waals surface area (Å²) < 4.78 is 16.2. The van der Waals surface area contributed by atoms with E-state index in [1.807, 2.05) is 12.1 Å². The Labute approximate surface area is 115 Å². The zero-order chi connectivity index (χ0) is 13.5. The molecule has 1 aliphatic rings. The van der Waals surface area contributed by atoms with Crippen LogP contribution in [-0.2, 0) is 4.74 Å². The van der Waals surface area contributed by atoms with Gasteiger partial charge in [-0.3, -0.25) is 0 Å². The first kappa shape index (κ1) is 14.2. The normalized spacial score (nSPS) is 14.6. The molecule has 106 valence electrons. The van der Waals surface area contributed by atoms with Crippen molar-refractivity contribution in [1.29, 1.82) is 0 Å². The number of hydrogen-bond donors (Lipinski definition) is 1. The number of nitrogens with one attached hydrogen (secondary N) is 1. The maximum absolute atomic E-state index is 5.53. The van der Waals surface area contributed by atoms with Crippen molar-refractivity contribution in [2.45, 2.75) is 32.7 Å². The Balaban J connectivity index is 1.72. The van der Waals surface area contributed by atoms with Gasteiger partial charge in [0.25, 0.3) is 0 Å². The number of benzene rings is 1. The molecule has 4 nitrogen and oxygen atoms in total. The molecule has 0 radical (unpaired) electrons. The Kier molecular flexibility index (Phi) is 5.48. The molecule has 1 aromatic rings. The average Bonchev–Trinajstić information content (AvgIpc) is 2.89. The number of ether oxygens (including phenoxy) is 3. The Morgan fingerprint density at radius 2 is 2.11 bits per heavy atom. The molecule has 0 spiro atoms. The third-order valence-electron chi connectivity index (χ3n) is 3.24. The molecule has 0 saturated carbocycles. The zero-order valence-corrected chi connectivity index (χ0v) is 11.8. The number of hydrogen-bond acceptors (Lipinski definition) is 4. The molecule has 2 rings (SSSR count). The van der Waals surface area contributed by atoms with Crippen molar-refractivity contribution >= 4 is 0 Å². The maximum Gasteiger partial charge on any atom is 0.231 e. The van der Waals surface area contributed by atoms with Gasteiger partial charge in [0.05, 0.1) is 6.61 Å². The molecule has 1 aliphatic heterocycles. The van der Waals surface area contributed by atoms with Gasteiger partial charge >= 0.3 is 0 Å². The molecule has 0 aromatic heterocycles. The SMILES string of the molecule is CCCCOCCNC(C)c1ccc2c(c1)OCO2. The van der Waals surface area contributed by atoms with Crippen LogP contribution in [0.5, 0.6) is 11.5 Å². The Hall–Kier alpha value is -1.26. The highest BCUT2D eigenvalue weighted by Crippen LogP contribution is 2.33. The van der Waals surface area contributed by atoms with Crippen molar-refractivity contribution in [2.24, 2.45) is 0 Å². The fourth-order valence-corrected chi connectivity index (χ4v) is 2.00. The van der Waals surface area contributed by atoms with Crippen LogP contribution in [0.1, 0.15) is 38.3 Å². The van der Waals surface area contributed by atoms with Crippen molar-refractivity contribution in [3.05, 3.63) is 23.8 Å². The van der Waals surface area contributed by atoms with Gasteiger partial charge in [-0.15, -0.1) is 0 Å². The second kappa shape index (κ2) is 7.36. The fraction of sp³-hybridized carbons (Fsp3) is 0.600. The summed E-state index contributed by atoms with van der Waals surface area (Å²) in [5, 5.41) is 3.45. The molecule has 4 heteroatoms. The van der Waals surface area contributed by atoms with Crippen LogP contribution in [0, 0.1) is 0 Å². The average molecular weight is 265 g/mol. The third-order valence-corrected chi connectivity index (χ3v) is 3.24. The smallest absolute Gasteiger partial charge is 0.231 e. The minimum absolute atomic E-state index is 0.282. The largest absolute Gasteiger partial charge is 0.454 e. The van der Waals surface area contributed by atoms with E-state index in [-0.39, 0.29) is 6.04 Å². The molecule has 1 N–H and O–H groups in total. The molecule has 1 unspecified atom stereocenters. The minimum atomic E-state index is 0.282. The van der Waals surface area contributed by atoms with Gasteiger partial charge in [-0.05, 0) is 31.0 Å². The van der Waals surface area contributed by atoms with Crippen molar-refractivity contribution in [1.82, 2.24) is 5.32 Å². The van der Waals surface area contributed by atoms with Crippen molar-refractivity contribution in [3.8, 4) is 11.5 Å². The molecule has 19 heavy (non-hydrogen) atoms. The van der Waals surface area contributed by atoms with E-state index in [0.29, 0.717) is 6.79 Å². The summed E-state index contributed by atoms with van der Waals surface area (Å²) in [6, 6.07) is 6.36. The highest BCUT2D eigenvalue weighted by molar-refractivity contribution is 5.45. The highest BCUT2D eigenvalue weighted by atomic mass is 16.7. The van der Waals surface area contributed by atoms with Gasteiger partial charge in [0.15, 0.2) is 11.5 Å². The lowest BCUT2D eigenvalue weighted by molar-refractivity contribution is 0.131. The van der Waals surface area contributed by atoms with E-state index in [2.05, 4.69) is 25.2 Å². The van der Waals surface area contributed by atoms with E-state index in [4.69, 9.17) is 14.2 Å². The van der Waals surface area contributed by atoms with Crippen molar-refractivity contribution in [3.63, 3.8) is 0 Å². The molecular weight excluding hydrogens is 242 g/mol. The number of rotatable bonds is 8. The highest BCUT2D eigenvalue weighted by Gasteiger charge is 2.15. The molecule has 0 amide bonds. The molecule has 0 fully saturated rings. The molecule has 1 aromatic carbocycles. The van der Waals surface area contributed by atoms with Crippen LogP contribution >= 0.6 is 0 Å². The molecule has 0 aliphatic carbocycles. The van der Waals surface area contributed by atoms with Crippen molar-refractivity contribution < 1.29 is 14.2 Å². The summed E-state index contributed by atoms with van der Waals surface area (Å²) in [5.74, 6) is 1.67.